The van der Waals surface area contributed by atoms with Crippen LogP contribution in [0.3, 0.4) is 0 Å². The van der Waals surface area contributed by atoms with Crippen molar-refractivity contribution in [3.8, 4) is 0 Å². The molecule has 0 unspecified atom stereocenters. The van der Waals surface area contributed by atoms with Crippen molar-refractivity contribution in [2.75, 3.05) is 0 Å². The molecule has 0 aliphatic carbocycles. The van der Waals surface area contributed by atoms with Gasteiger partial charge in [-0.1, -0.05) is 14.9 Å². The molecule has 0 rings (SSSR count). The first-order valence-corrected chi connectivity index (χ1v) is 0.993. The molecule has 0 aliphatic heterocycles. The lowest BCUT2D eigenvalue weighted by Crippen LogP contribution is -1.06. The predicted molar refractivity (Wildman–Crippen MR) is 35.1 cm³/mol. The summed E-state index contributed by atoms with van der Waals surface area (Å²) in [6.07, 6.45) is 0. The Kier molecular flexibility index (Phi) is 3370. The minimum absolute atomic E-state index is 0. The van der Waals surface area contributed by atoms with E-state index >= 15 is 0 Å². The SMILES string of the molecule is C.C.[B]F.[B]S. The van der Waals surface area contributed by atoms with Gasteiger partial charge in [-0.05, 0) is 0 Å². The third-order valence-corrected chi connectivity index (χ3v) is 0. The average Bonchev–Trinajstić information content (AvgIpc) is 1.50. The van der Waals surface area contributed by atoms with Crippen molar-refractivity contribution in [1.29, 1.82) is 0 Å². The molecule has 0 saturated heterocycles. The van der Waals surface area contributed by atoms with Gasteiger partial charge in [0.15, 0.2) is 7.12 Å². The molecule has 0 saturated carbocycles. The summed E-state index contributed by atoms with van der Waals surface area (Å²) in [5.74, 6) is 0. The Morgan fingerprint density at radius 3 is 1.00 bits per heavy atom. The van der Waals surface area contributed by atoms with Crippen molar-refractivity contribution < 1.29 is 4.32 Å². The lowest BCUT2D eigenvalue weighted by Gasteiger charge is -1.06. The van der Waals surface area contributed by atoms with Crippen LogP contribution in [0, 0.1) is 0 Å². The van der Waals surface area contributed by atoms with Crippen molar-refractivity contribution in [2.45, 2.75) is 14.9 Å². The van der Waals surface area contributed by atoms with Crippen molar-refractivity contribution in [1.82, 2.24) is 0 Å². The molecule has 0 atom stereocenters. The Morgan fingerprint density at radius 1 is 1.00 bits per heavy atom. The fraction of sp³-hybridized carbons (Fsp3) is 1.00. The molecule has 0 spiro atoms. The van der Waals surface area contributed by atoms with Gasteiger partial charge in [0.1, 0.15) is 0 Å². The van der Waals surface area contributed by atoms with Crippen LogP contribution in [0.1, 0.15) is 14.9 Å². The molecule has 0 N–H and O–H groups in total. The monoisotopic (exact) mass is 106 g/mol. The fourth-order valence-corrected chi connectivity index (χ4v) is 0. The highest BCUT2D eigenvalue weighted by Gasteiger charge is 1.06. The van der Waals surface area contributed by atoms with E-state index in [2.05, 4.69) is 27.7 Å². The van der Waals surface area contributed by atoms with Gasteiger partial charge in [-0.3, -0.25) is 0 Å². The number of hydrogen-bond donors (Lipinski definition) is 1. The van der Waals surface area contributed by atoms with E-state index in [9.17, 15) is 0 Å². The zero-order chi connectivity index (χ0) is 4.00. The molecular weight excluding hydrogens is 96.7 g/mol. The molecule has 0 amide bonds. The summed E-state index contributed by atoms with van der Waals surface area (Å²) in [6, 6.07) is 0. The number of rotatable bonds is 0. The molecule has 6 heavy (non-hydrogen) atoms. The zero-order valence-corrected chi connectivity index (χ0v) is 2.87. The van der Waals surface area contributed by atoms with Crippen LogP contribution in [0.2, 0.25) is 0 Å². The molecule has 0 aliphatic rings. The van der Waals surface area contributed by atoms with Crippen molar-refractivity contribution in [2.24, 2.45) is 0 Å². The van der Waals surface area contributed by atoms with E-state index in [-0.39, 0.29) is 14.9 Å². The zero-order valence-electron chi connectivity index (χ0n) is 1.98. The lowest BCUT2D eigenvalue weighted by molar-refractivity contribution is 0.902. The Labute approximate surface area is 47.7 Å². The third-order valence-electron chi connectivity index (χ3n) is 0. The Balaban J connectivity index is -0.00000000500. The van der Waals surface area contributed by atoms with E-state index in [1.807, 2.05) is 0 Å². The maximum Gasteiger partial charge on any atom is 0.350 e. The van der Waals surface area contributed by atoms with Crippen LogP contribution in [-0.2, 0) is 0 Å². The van der Waals surface area contributed by atoms with Crippen LogP contribution in [0.15, 0.2) is 0 Å². The van der Waals surface area contributed by atoms with Crippen molar-refractivity contribution in [3.63, 3.8) is 0 Å². The van der Waals surface area contributed by atoms with E-state index in [1.165, 1.54) is 0 Å². The van der Waals surface area contributed by atoms with Crippen LogP contribution in [-0.4, -0.2) is 15.2 Å². The molecule has 0 aromatic rings. The van der Waals surface area contributed by atoms with E-state index in [4.69, 9.17) is 4.32 Å². The minimum atomic E-state index is 0. The second kappa shape index (κ2) is 626. The molecule has 0 nitrogen and oxygen atoms in total. The first kappa shape index (κ1) is 32.3. The minimum Gasteiger partial charge on any atom is -0.350 e. The van der Waals surface area contributed by atoms with Gasteiger partial charge >= 0.3 is 8.12 Å². The first-order chi connectivity index (χ1) is 2.00. The van der Waals surface area contributed by atoms with Gasteiger partial charge in [0.05, 0.1) is 0 Å². The van der Waals surface area contributed by atoms with Gasteiger partial charge < -0.3 is 4.32 Å². The summed E-state index contributed by atoms with van der Waals surface area (Å²) in [6.45, 7) is 0. The number of halogens is 1. The summed E-state index contributed by atoms with van der Waals surface area (Å²) < 4.78 is 9.00. The van der Waals surface area contributed by atoms with Gasteiger partial charge in [0.25, 0.3) is 0 Å². The summed E-state index contributed by atoms with van der Waals surface area (Å²) in [5, 5.41) is 0. The van der Waals surface area contributed by atoms with E-state index in [0.29, 0.717) is 0 Å². The predicted octanol–water partition coefficient (Wildman–Crippen LogP) is 1.31. The average molecular weight is 106 g/mol. The summed E-state index contributed by atoms with van der Waals surface area (Å²) in [4.78, 5) is 0. The fourth-order valence-electron chi connectivity index (χ4n) is 0. The summed E-state index contributed by atoms with van der Waals surface area (Å²) in [7, 11) is 7.19. The van der Waals surface area contributed by atoms with Gasteiger partial charge in [-0.15, -0.1) is 0 Å². The van der Waals surface area contributed by atoms with Gasteiger partial charge in [0, 0.05) is 0 Å². The standard InChI is InChI=1S/2CH4.BF.BHS/c;;2*1-2/h2*1H4;;2H. The topological polar surface area (TPSA) is 0 Å². The number of thiol groups is 1. The largest absolute Gasteiger partial charge is 0.350 e. The van der Waals surface area contributed by atoms with Crippen LogP contribution in [0.5, 0.6) is 0 Å². The first-order valence-electron chi connectivity index (χ1n) is 0.476. The highest BCUT2D eigenvalue weighted by Crippen LogP contribution is 1.26. The van der Waals surface area contributed by atoms with Crippen molar-refractivity contribution in [3.05, 3.63) is 0 Å². The van der Waals surface area contributed by atoms with Gasteiger partial charge in [-0.25, -0.2) is 12.5 Å². The quantitative estimate of drug-likeness (QED) is 0.349. The van der Waals surface area contributed by atoms with Gasteiger partial charge in [0.2, 0.25) is 0 Å². The maximum absolute atomic E-state index is 9.00. The maximum atomic E-state index is 9.00. The highest BCUT2D eigenvalue weighted by atomic mass is 32.1. The summed E-state index contributed by atoms with van der Waals surface area (Å²) in [5.41, 5.74) is 0. The van der Waals surface area contributed by atoms with Crippen LogP contribution < -0.4 is 0 Å². The van der Waals surface area contributed by atoms with Crippen LogP contribution >= 0.6 is 12.5 Å². The molecule has 0 aromatic carbocycles. The molecule has 0 bridgehead atoms. The van der Waals surface area contributed by atoms with Crippen LogP contribution in [0.4, 0.5) is 4.32 Å². The second-order valence-electron chi connectivity index (χ2n) is 0. The Bertz CT molecular complexity index is 11.5. The molecule has 4 radical (unpaired) electrons. The summed E-state index contributed by atoms with van der Waals surface area (Å²) >= 11 is 3.03. The molecule has 36 valence electrons. The Morgan fingerprint density at radius 2 is 1.00 bits per heavy atom. The molecular formula is C2H9B2FS. The second-order valence-corrected chi connectivity index (χ2v) is 0. The smallest absolute Gasteiger partial charge is 0.350 e. The van der Waals surface area contributed by atoms with E-state index in [0.717, 1.165) is 0 Å². The molecule has 0 fully saturated rings. The lowest BCUT2D eigenvalue weighted by atomic mass is 10.7. The molecule has 4 heteroatoms. The number of hydrogen-bond acceptors (Lipinski definition) is 1. The molecule has 0 aromatic heterocycles. The van der Waals surface area contributed by atoms with Crippen molar-refractivity contribution >= 4 is 27.7 Å². The van der Waals surface area contributed by atoms with E-state index < -0.39 is 0 Å². The van der Waals surface area contributed by atoms with Crippen LogP contribution in [0.25, 0.3) is 0 Å². The third kappa shape index (κ3) is 305. The van der Waals surface area contributed by atoms with Gasteiger partial charge in [-0.2, -0.15) is 0 Å². The van der Waals surface area contributed by atoms with E-state index in [1.54, 1.807) is 0 Å². The highest BCUT2D eigenvalue weighted by molar-refractivity contribution is 8.03. The normalized spacial score (nSPS) is 1.67. The molecule has 0 heterocycles. The Hall–Kier alpha value is 0.410.